The molecule has 0 aliphatic heterocycles. The van der Waals surface area contributed by atoms with Gasteiger partial charge in [0.25, 0.3) is 0 Å². The maximum atomic E-state index is 13.6. The molecule has 21 heavy (non-hydrogen) atoms. The molecule has 0 saturated heterocycles. The van der Waals surface area contributed by atoms with Gasteiger partial charge >= 0.3 is 0 Å². The molecule has 1 heterocycles. The van der Waals surface area contributed by atoms with Crippen molar-refractivity contribution in [3.8, 4) is 5.69 Å². The van der Waals surface area contributed by atoms with Gasteiger partial charge in [-0.2, -0.15) is 0 Å². The van der Waals surface area contributed by atoms with Crippen LogP contribution < -0.4 is 0 Å². The average Bonchev–Trinajstić information content (AvgIpc) is 2.78. The summed E-state index contributed by atoms with van der Waals surface area (Å²) >= 11 is 18.0. The highest BCUT2D eigenvalue weighted by Crippen LogP contribution is 2.30. The summed E-state index contributed by atoms with van der Waals surface area (Å²) in [5, 5.41) is 0.626. The lowest BCUT2D eigenvalue weighted by Gasteiger charge is -2.10. The van der Waals surface area contributed by atoms with Gasteiger partial charge in [-0.1, -0.05) is 35.3 Å². The van der Waals surface area contributed by atoms with Crippen LogP contribution in [0, 0.1) is 5.82 Å². The molecule has 0 aliphatic rings. The fourth-order valence-corrected chi connectivity index (χ4v) is 2.82. The van der Waals surface area contributed by atoms with Gasteiger partial charge in [0.2, 0.25) is 0 Å². The van der Waals surface area contributed by atoms with Crippen LogP contribution in [0.2, 0.25) is 10.0 Å². The number of aryl methyl sites for hydroxylation is 1. The number of benzene rings is 2. The molecule has 3 aromatic rings. The fourth-order valence-electron chi connectivity index (χ4n) is 2.28. The lowest BCUT2D eigenvalue weighted by Crippen LogP contribution is -2.02. The largest absolute Gasteiger partial charge is 0.295 e. The van der Waals surface area contributed by atoms with E-state index in [2.05, 4.69) is 4.98 Å². The highest BCUT2D eigenvalue weighted by molar-refractivity contribution is 6.32. The van der Waals surface area contributed by atoms with E-state index in [9.17, 15) is 4.39 Å². The van der Waals surface area contributed by atoms with Crippen molar-refractivity contribution < 1.29 is 4.39 Å². The molecule has 1 aromatic heterocycles. The molecule has 0 spiro atoms. The van der Waals surface area contributed by atoms with Gasteiger partial charge in [-0.15, -0.1) is 11.6 Å². The topological polar surface area (TPSA) is 17.8 Å². The van der Waals surface area contributed by atoms with Crippen molar-refractivity contribution >= 4 is 45.8 Å². The molecule has 0 amide bonds. The minimum atomic E-state index is -0.495. The Balaban J connectivity index is 2.35. The maximum absolute atomic E-state index is 13.6. The number of aromatic nitrogens is 2. The van der Waals surface area contributed by atoms with Crippen LogP contribution in [0.5, 0.6) is 0 Å². The lowest BCUT2D eigenvalue weighted by molar-refractivity contribution is 0.630. The molecule has 0 fully saturated rings. The van der Waals surface area contributed by atoms with E-state index in [0.717, 1.165) is 11.5 Å². The first-order chi connectivity index (χ1) is 10.1. The van der Waals surface area contributed by atoms with Gasteiger partial charge in [0, 0.05) is 18.4 Å². The van der Waals surface area contributed by atoms with E-state index in [1.165, 1.54) is 6.07 Å². The van der Waals surface area contributed by atoms with Crippen LogP contribution in [0.3, 0.4) is 0 Å². The number of hydrogen-bond donors (Lipinski definition) is 0. The van der Waals surface area contributed by atoms with Gasteiger partial charge in [0.15, 0.2) is 0 Å². The monoisotopic (exact) mass is 342 g/mol. The van der Waals surface area contributed by atoms with Crippen molar-refractivity contribution in [2.45, 2.75) is 6.42 Å². The lowest BCUT2D eigenvalue weighted by atomic mass is 10.2. The van der Waals surface area contributed by atoms with Crippen LogP contribution >= 0.6 is 34.8 Å². The predicted molar refractivity (Wildman–Crippen MR) is 85.5 cm³/mol. The number of rotatable bonds is 3. The first-order valence-corrected chi connectivity index (χ1v) is 7.58. The quantitative estimate of drug-likeness (QED) is 0.594. The molecule has 6 heteroatoms. The number of imidazole rings is 1. The smallest absolute Gasteiger partial charge is 0.144 e. The zero-order valence-electron chi connectivity index (χ0n) is 10.8. The van der Waals surface area contributed by atoms with Crippen molar-refractivity contribution in [1.29, 1.82) is 0 Å². The first kappa shape index (κ1) is 14.6. The SMILES string of the molecule is Fc1cc2nc(CCCl)n(-c3ccccc3Cl)c2cc1Cl. The standard InChI is InChI=1S/C15H10Cl3FN2/c16-6-5-15-20-12-8-11(19)10(18)7-14(12)21(15)13-4-2-1-3-9(13)17/h1-4,7-8H,5-6H2. The van der Waals surface area contributed by atoms with E-state index < -0.39 is 5.82 Å². The third-order valence-electron chi connectivity index (χ3n) is 3.18. The molecule has 108 valence electrons. The number of hydrogen-bond acceptors (Lipinski definition) is 1. The normalized spacial score (nSPS) is 11.2. The second kappa shape index (κ2) is 5.84. The molecule has 0 bridgehead atoms. The van der Waals surface area contributed by atoms with Gasteiger partial charge in [-0.3, -0.25) is 4.57 Å². The van der Waals surface area contributed by atoms with Crippen LogP contribution in [0.25, 0.3) is 16.7 Å². The Bertz CT molecular complexity index is 814. The Morgan fingerprint density at radius 1 is 1.10 bits per heavy atom. The molecular weight excluding hydrogens is 334 g/mol. The number of nitrogens with zero attached hydrogens (tertiary/aromatic N) is 2. The van der Waals surface area contributed by atoms with Crippen LogP contribution in [0.1, 0.15) is 5.82 Å². The minimum Gasteiger partial charge on any atom is -0.295 e. The second-order valence-corrected chi connectivity index (χ2v) is 5.70. The molecular formula is C15H10Cl3FN2. The van der Waals surface area contributed by atoms with E-state index in [-0.39, 0.29) is 5.02 Å². The Labute approximate surface area is 136 Å². The summed E-state index contributed by atoms with van der Waals surface area (Å²) in [7, 11) is 0. The summed E-state index contributed by atoms with van der Waals surface area (Å²) in [5.41, 5.74) is 2.00. The highest BCUT2D eigenvalue weighted by Gasteiger charge is 2.16. The molecule has 0 radical (unpaired) electrons. The van der Waals surface area contributed by atoms with Crippen LogP contribution in [-0.4, -0.2) is 15.4 Å². The molecule has 2 nitrogen and oxygen atoms in total. The highest BCUT2D eigenvalue weighted by atomic mass is 35.5. The minimum absolute atomic E-state index is 0.0492. The zero-order valence-corrected chi connectivity index (χ0v) is 13.1. The maximum Gasteiger partial charge on any atom is 0.144 e. The molecule has 0 saturated carbocycles. The second-order valence-electron chi connectivity index (χ2n) is 4.51. The van der Waals surface area contributed by atoms with Crippen LogP contribution in [0.4, 0.5) is 4.39 Å². The van der Waals surface area contributed by atoms with Gasteiger partial charge in [0.05, 0.1) is 26.8 Å². The number of alkyl halides is 1. The summed E-state index contributed by atoms with van der Waals surface area (Å²) < 4.78 is 15.5. The zero-order chi connectivity index (χ0) is 15.0. The van der Waals surface area contributed by atoms with E-state index in [1.807, 2.05) is 22.8 Å². The summed E-state index contributed by atoms with van der Waals surface area (Å²) in [5.74, 6) is 0.629. The van der Waals surface area contributed by atoms with Crippen LogP contribution in [0.15, 0.2) is 36.4 Å². The fraction of sp³-hybridized carbons (Fsp3) is 0.133. The molecule has 0 atom stereocenters. The molecule has 0 aliphatic carbocycles. The van der Waals surface area contributed by atoms with E-state index in [0.29, 0.717) is 28.4 Å². The van der Waals surface area contributed by atoms with E-state index >= 15 is 0 Å². The Hall–Kier alpha value is -1.29. The molecule has 2 aromatic carbocycles. The summed E-state index contributed by atoms with van der Waals surface area (Å²) in [6, 6.07) is 10.3. The first-order valence-electron chi connectivity index (χ1n) is 6.29. The Morgan fingerprint density at radius 3 is 2.57 bits per heavy atom. The summed E-state index contributed by atoms with van der Waals surface area (Å²) in [6.07, 6.45) is 0.542. The van der Waals surface area contributed by atoms with E-state index in [4.69, 9.17) is 34.8 Å². The summed E-state index contributed by atoms with van der Waals surface area (Å²) in [4.78, 5) is 4.44. The average molecular weight is 344 g/mol. The van der Waals surface area contributed by atoms with Crippen molar-refractivity contribution in [3.63, 3.8) is 0 Å². The van der Waals surface area contributed by atoms with Crippen LogP contribution in [-0.2, 0) is 6.42 Å². The van der Waals surface area contributed by atoms with Gasteiger partial charge in [-0.25, -0.2) is 9.37 Å². The predicted octanol–water partition coefficient (Wildman–Crippen LogP) is 5.25. The number of halogens is 4. The molecule has 0 N–H and O–H groups in total. The number of para-hydroxylation sites is 1. The third-order valence-corrected chi connectivity index (χ3v) is 3.98. The van der Waals surface area contributed by atoms with Gasteiger partial charge in [-0.05, 0) is 18.2 Å². The van der Waals surface area contributed by atoms with Crippen molar-refractivity contribution in [1.82, 2.24) is 9.55 Å². The molecule has 0 unspecified atom stereocenters. The Morgan fingerprint density at radius 2 is 1.86 bits per heavy atom. The van der Waals surface area contributed by atoms with Crippen molar-refractivity contribution in [3.05, 3.63) is 58.1 Å². The number of fused-ring (bicyclic) bond motifs is 1. The van der Waals surface area contributed by atoms with Crippen molar-refractivity contribution in [2.75, 3.05) is 5.88 Å². The van der Waals surface area contributed by atoms with E-state index in [1.54, 1.807) is 12.1 Å². The van der Waals surface area contributed by atoms with Gasteiger partial charge < -0.3 is 0 Å². The summed E-state index contributed by atoms with van der Waals surface area (Å²) in [6.45, 7) is 0. The van der Waals surface area contributed by atoms with Gasteiger partial charge in [0.1, 0.15) is 11.6 Å². The Kier molecular flexibility index (Phi) is 4.07. The third kappa shape index (κ3) is 2.61. The molecule has 3 rings (SSSR count). The van der Waals surface area contributed by atoms with Crippen molar-refractivity contribution in [2.24, 2.45) is 0 Å².